The average Bonchev–Trinajstić information content (AvgIpc) is 2.60. The zero-order valence-corrected chi connectivity index (χ0v) is 14.3. The SMILES string of the molecule is COC(=O)c1cnc2c(c1)N(S(=O)(=O)c1cccc(C)c1)CCC2. The van der Waals surface area contributed by atoms with Crippen molar-refractivity contribution in [3.63, 3.8) is 0 Å². The van der Waals surface area contributed by atoms with Crippen LogP contribution in [0.3, 0.4) is 0 Å². The molecular formula is C17H18N2O4S. The van der Waals surface area contributed by atoms with Crippen LogP contribution in [0.15, 0.2) is 41.4 Å². The molecule has 6 nitrogen and oxygen atoms in total. The molecule has 0 N–H and O–H groups in total. The first kappa shape index (κ1) is 16.4. The fourth-order valence-corrected chi connectivity index (χ4v) is 4.41. The molecule has 1 aromatic heterocycles. The minimum atomic E-state index is -3.71. The molecule has 0 bridgehead atoms. The van der Waals surface area contributed by atoms with Crippen LogP contribution in [-0.2, 0) is 21.2 Å². The van der Waals surface area contributed by atoms with E-state index in [-0.39, 0.29) is 10.5 Å². The van der Waals surface area contributed by atoms with E-state index in [1.54, 1.807) is 24.3 Å². The first-order chi connectivity index (χ1) is 11.4. The second kappa shape index (κ2) is 6.24. The number of rotatable bonds is 3. The standard InChI is InChI=1S/C17H18N2O4S/c1-12-5-3-6-14(9-12)24(21,22)19-8-4-7-15-16(19)10-13(11-18-15)17(20)23-2/h3,5-6,9-11H,4,7-8H2,1-2H3. The number of methoxy groups -OCH3 is 1. The molecule has 0 saturated heterocycles. The maximum Gasteiger partial charge on any atom is 0.339 e. The second-order valence-corrected chi connectivity index (χ2v) is 7.54. The predicted molar refractivity (Wildman–Crippen MR) is 89.6 cm³/mol. The van der Waals surface area contributed by atoms with Gasteiger partial charge in [-0.25, -0.2) is 13.2 Å². The number of ether oxygens (including phenoxy) is 1. The summed E-state index contributed by atoms with van der Waals surface area (Å²) in [4.78, 5) is 16.2. The van der Waals surface area contributed by atoms with E-state index in [0.717, 1.165) is 5.56 Å². The summed E-state index contributed by atoms with van der Waals surface area (Å²) < 4.78 is 32.1. The number of aryl methyl sites for hydroxylation is 2. The Kier molecular flexibility index (Phi) is 4.28. The summed E-state index contributed by atoms with van der Waals surface area (Å²) in [6, 6.07) is 8.33. The predicted octanol–water partition coefficient (Wildman–Crippen LogP) is 2.32. The van der Waals surface area contributed by atoms with E-state index in [1.807, 2.05) is 13.0 Å². The highest BCUT2D eigenvalue weighted by molar-refractivity contribution is 7.92. The van der Waals surface area contributed by atoms with E-state index in [4.69, 9.17) is 4.74 Å². The van der Waals surface area contributed by atoms with Crippen LogP contribution in [0.1, 0.15) is 28.0 Å². The van der Waals surface area contributed by atoms with E-state index in [9.17, 15) is 13.2 Å². The van der Waals surface area contributed by atoms with Gasteiger partial charge in [0.05, 0.1) is 29.0 Å². The molecule has 0 amide bonds. The van der Waals surface area contributed by atoms with Crippen LogP contribution in [0.25, 0.3) is 0 Å². The molecule has 0 fully saturated rings. The van der Waals surface area contributed by atoms with Crippen molar-refractivity contribution in [2.75, 3.05) is 18.0 Å². The van der Waals surface area contributed by atoms with Crippen molar-refractivity contribution in [1.29, 1.82) is 0 Å². The topological polar surface area (TPSA) is 76.6 Å². The number of sulfonamides is 1. The van der Waals surface area contributed by atoms with Gasteiger partial charge in [-0.1, -0.05) is 12.1 Å². The summed E-state index contributed by atoms with van der Waals surface area (Å²) in [5.41, 5.74) is 2.23. The molecule has 126 valence electrons. The fraction of sp³-hybridized carbons (Fsp3) is 0.294. The lowest BCUT2D eigenvalue weighted by Gasteiger charge is -2.30. The lowest BCUT2D eigenvalue weighted by atomic mass is 10.1. The van der Waals surface area contributed by atoms with Crippen molar-refractivity contribution < 1.29 is 17.9 Å². The Bertz CT molecular complexity index is 893. The van der Waals surface area contributed by atoms with Crippen LogP contribution in [0.4, 0.5) is 5.69 Å². The number of anilines is 1. The van der Waals surface area contributed by atoms with Crippen LogP contribution in [-0.4, -0.2) is 33.0 Å². The molecule has 0 atom stereocenters. The number of fused-ring (bicyclic) bond motifs is 1. The number of nitrogens with zero attached hydrogens (tertiary/aromatic N) is 2. The lowest BCUT2D eigenvalue weighted by Crippen LogP contribution is -2.36. The van der Waals surface area contributed by atoms with Gasteiger partial charge in [0.1, 0.15) is 0 Å². The highest BCUT2D eigenvalue weighted by Crippen LogP contribution is 2.31. The molecule has 1 aliphatic rings. The molecule has 24 heavy (non-hydrogen) atoms. The summed E-state index contributed by atoms with van der Waals surface area (Å²) in [5.74, 6) is -0.538. The summed E-state index contributed by atoms with van der Waals surface area (Å²) in [5, 5.41) is 0. The number of carbonyl (C=O) groups excluding carboxylic acids is 1. The summed E-state index contributed by atoms with van der Waals surface area (Å²) in [6.45, 7) is 2.20. The average molecular weight is 346 g/mol. The fourth-order valence-electron chi connectivity index (χ4n) is 2.78. The third-order valence-corrected chi connectivity index (χ3v) is 5.80. The van der Waals surface area contributed by atoms with E-state index in [1.165, 1.54) is 17.6 Å². The van der Waals surface area contributed by atoms with Gasteiger partial charge in [-0.3, -0.25) is 9.29 Å². The van der Waals surface area contributed by atoms with Gasteiger partial charge in [0.25, 0.3) is 10.0 Å². The first-order valence-electron chi connectivity index (χ1n) is 7.60. The van der Waals surface area contributed by atoms with Crippen molar-refractivity contribution in [3.05, 3.63) is 53.3 Å². The van der Waals surface area contributed by atoms with Crippen molar-refractivity contribution in [1.82, 2.24) is 4.98 Å². The van der Waals surface area contributed by atoms with Crippen molar-refractivity contribution >= 4 is 21.7 Å². The van der Waals surface area contributed by atoms with Crippen LogP contribution in [0, 0.1) is 6.92 Å². The van der Waals surface area contributed by atoms with Gasteiger partial charge in [-0.15, -0.1) is 0 Å². The highest BCUT2D eigenvalue weighted by atomic mass is 32.2. The number of esters is 1. The molecule has 0 saturated carbocycles. The molecule has 3 rings (SSSR count). The zero-order valence-electron chi connectivity index (χ0n) is 13.5. The van der Waals surface area contributed by atoms with Gasteiger partial charge in [-0.05, 0) is 43.5 Å². The number of hydrogen-bond acceptors (Lipinski definition) is 5. The number of benzene rings is 1. The number of aromatic nitrogens is 1. The van der Waals surface area contributed by atoms with Crippen LogP contribution < -0.4 is 4.31 Å². The number of hydrogen-bond donors (Lipinski definition) is 0. The Hall–Kier alpha value is -2.41. The summed E-state index contributed by atoms with van der Waals surface area (Å²) in [6.07, 6.45) is 2.78. The number of pyridine rings is 1. The molecule has 0 radical (unpaired) electrons. The molecule has 1 aromatic carbocycles. The molecule has 0 unspecified atom stereocenters. The van der Waals surface area contributed by atoms with Crippen molar-refractivity contribution in [3.8, 4) is 0 Å². The van der Waals surface area contributed by atoms with Gasteiger partial charge in [0.15, 0.2) is 0 Å². The van der Waals surface area contributed by atoms with Crippen molar-refractivity contribution in [2.24, 2.45) is 0 Å². The van der Waals surface area contributed by atoms with Gasteiger partial charge in [-0.2, -0.15) is 0 Å². The van der Waals surface area contributed by atoms with E-state index < -0.39 is 16.0 Å². The molecule has 0 spiro atoms. The zero-order chi connectivity index (χ0) is 17.3. The molecular weight excluding hydrogens is 328 g/mol. The van der Waals surface area contributed by atoms with E-state index in [0.29, 0.717) is 30.8 Å². The Morgan fingerprint density at radius 2 is 2.08 bits per heavy atom. The third kappa shape index (κ3) is 2.87. The van der Waals surface area contributed by atoms with E-state index in [2.05, 4.69) is 4.98 Å². The Labute approximate surface area is 141 Å². The van der Waals surface area contributed by atoms with Crippen molar-refractivity contribution in [2.45, 2.75) is 24.7 Å². The van der Waals surface area contributed by atoms with E-state index >= 15 is 0 Å². The van der Waals surface area contributed by atoms with Crippen LogP contribution in [0.2, 0.25) is 0 Å². The normalized spacial score (nSPS) is 14.2. The van der Waals surface area contributed by atoms with Crippen LogP contribution >= 0.6 is 0 Å². The lowest BCUT2D eigenvalue weighted by molar-refractivity contribution is 0.0600. The third-order valence-electron chi connectivity index (χ3n) is 3.99. The largest absolute Gasteiger partial charge is 0.465 e. The van der Waals surface area contributed by atoms with Crippen LogP contribution in [0.5, 0.6) is 0 Å². The smallest absolute Gasteiger partial charge is 0.339 e. The first-order valence-corrected chi connectivity index (χ1v) is 9.04. The maximum absolute atomic E-state index is 13.0. The van der Waals surface area contributed by atoms with Gasteiger partial charge in [0.2, 0.25) is 0 Å². The molecule has 2 heterocycles. The van der Waals surface area contributed by atoms with Gasteiger partial charge < -0.3 is 4.74 Å². The molecule has 7 heteroatoms. The summed E-state index contributed by atoms with van der Waals surface area (Å²) >= 11 is 0. The second-order valence-electron chi connectivity index (χ2n) is 5.68. The quantitative estimate of drug-likeness (QED) is 0.797. The maximum atomic E-state index is 13.0. The Morgan fingerprint density at radius 1 is 1.29 bits per heavy atom. The minimum Gasteiger partial charge on any atom is -0.465 e. The highest BCUT2D eigenvalue weighted by Gasteiger charge is 2.30. The minimum absolute atomic E-state index is 0.235. The molecule has 0 aliphatic carbocycles. The van der Waals surface area contributed by atoms with Gasteiger partial charge in [0, 0.05) is 12.7 Å². The Morgan fingerprint density at radius 3 is 2.79 bits per heavy atom. The number of carbonyl (C=O) groups is 1. The molecule has 2 aromatic rings. The molecule has 1 aliphatic heterocycles. The Balaban J connectivity index is 2.10. The summed E-state index contributed by atoms with van der Waals surface area (Å²) in [7, 11) is -2.43. The van der Waals surface area contributed by atoms with Gasteiger partial charge >= 0.3 is 5.97 Å². The monoisotopic (exact) mass is 346 g/mol.